The van der Waals surface area contributed by atoms with E-state index in [1.54, 1.807) is 21.3 Å². The van der Waals surface area contributed by atoms with Crippen molar-refractivity contribution < 1.29 is 14.2 Å². The third-order valence-corrected chi connectivity index (χ3v) is 10.2. The predicted octanol–water partition coefficient (Wildman–Crippen LogP) is 11.1. The minimum atomic E-state index is 0.103. The van der Waals surface area contributed by atoms with Crippen molar-refractivity contribution in [1.82, 2.24) is 15.2 Å². The van der Waals surface area contributed by atoms with Crippen molar-refractivity contribution in [1.29, 1.82) is 0 Å². The Balaban J connectivity index is 0.00000157. The van der Waals surface area contributed by atoms with Gasteiger partial charge in [-0.15, -0.1) is 0 Å². The van der Waals surface area contributed by atoms with Crippen LogP contribution in [0.5, 0.6) is 17.2 Å². The first-order chi connectivity index (χ1) is 26.5. The Bertz CT molecular complexity index is 1700. The number of anilines is 1. The summed E-state index contributed by atoms with van der Waals surface area (Å²) in [7, 11) is 5.20. The number of dihydropyridines is 1. The lowest BCUT2D eigenvalue weighted by atomic mass is 9.96. The van der Waals surface area contributed by atoms with E-state index in [1.165, 1.54) is 46.4 Å². The highest BCUT2D eigenvalue weighted by molar-refractivity contribution is 5.64. The van der Waals surface area contributed by atoms with E-state index >= 15 is 0 Å². The molecule has 2 fully saturated rings. The van der Waals surface area contributed by atoms with Crippen LogP contribution in [0, 0.1) is 0 Å². The Morgan fingerprint density at radius 2 is 1.65 bits per heavy atom. The van der Waals surface area contributed by atoms with Gasteiger partial charge in [0.1, 0.15) is 5.75 Å². The number of hydrogen-bond donors (Lipinski definition) is 1. The van der Waals surface area contributed by atoms with Crippen LogP contribution in [0.2, 0.25) is 0 Å². The monoisotopic (exact) mass is 735 g/mol. The predicted molar refractivity (Wildman–Crippen MR) is 228 cm³/mol. The van der Waals surface area contributed by atoms with Crippen LogP contribution < -0.4 is 24.4 Å². The van der Waals surface area contributed by atoms with Gasteiger partial charge in [-0.05, 0) is 128 Å². The summed E-state index contributed by atoms with van der Waals surface area (Å²) in [5.41, 5.74) is 8.67. The zero-order chi connectivity index (χ0) is 38.9. The van der Waals surface area contributed by atoms with E-state index in [0.717, 1.165) is 74.8 Å². The van der Waals surface area contributed by atoms with E-state index < -0.39 is 0 Å². The van der Waals surface area contributed by atoms with Crippen molar-refractivity contribution in [2.75, 3.05) is 45.9 Å². The Labute approximate surface area is 326 Å². The quantitative estimate of drug-likeness (QED) is 0.156. The first-order valence-electron chi connectivity index (χ1n) is 20.4. The molecule has 1 N–H and O–H groups in total. The van der Waals surface area contributed by atoms with Gasteiger partial charge in [0.25, 0.3) is 0 Å². The second kappa shape index (κ2) is 22.0. The maximum absolute atomic E-state index is 5.77. The fourth-order valence-corrected chi connectivity index (χ4v) is 7.27. The molecular weight excluding hydrogens is 669 g/mol. The molecule has 2 aliphatic heterocycles. The summed E-state index contributed by atoms with van der Waals surface area (Å²) in [6.45, 7) is 16.3. The lowest BCUT2D eigenvalue weighted by Crippen LogP contribution is -2.45. The molecule has 54 heavy (non-hydrogen) atoms. The number of hydrogen-bond acceptors (Lipinski definition) is 7. The van der Waals surface area contributed by atoms with Gasteiger partial charge in [-0.25, -0.2) is 0 Å². The number of pyridine rings is 1. The molecule has 1 aromatic heterocycles. The highest BCUT2D eigenvalue weighted by Gasteiger charge is 2.30. The molecule has 1 saturated heterocycles. The van der Waals surface area contributed by atoms with Gasteiger partial charge in [-0.2, -0.15) is 0 Å². The van der Waals surface area contributed by atoms with Crippen molar-refractivity contribution in [3.8, 4) is 17.2 Å². The molecule has 1 saturated carbocycles. The van der Waals surface area contributed by atoms with Crippen molar-refractivity contribution in [3.63, 3.8) is 0 Å². The molecule has 6 rings (SSSR count). The van der Waals surface area contributed by atoms with Crippen molar-refractivity contribution >= 4 is 11.3 Å². The van der Waals surface area contributed by atoms with Gasteiger partial charge in [0.05, 0.1) is 33.1 Å². The summed E-state index contributed by atoms with van der Waals surface area (Å²) in [6.07, 6.45) is 21.8. The number of benzene rings is 2. The largest absolute Gasteiger partial charge is 0.497 e. The van der Waals surface area contributed by atoms with Crippen LogP contribution in [-0.2, 0) is 6.54 Å². The summed E-state index contributed by atoms with van der Waals surface area (Å²) in [5, 5.41) is 3.58. The van der Waals surface area contributed by atoms with Crippen LogP contribution in [0.4, 0.5) is 5.69 Å². The second-order valence-corrected chi connectivity index (χ2v) is 13.6. The van der Waals surface area contributed by atoms with Gasteiger partial charge in [0, 0.05) is 49.7 Å². The van der Waals surface area contributed by atoms with E-state index in [2.05, 4.69) is 114 Å². The lowest BCUT2D eigenvalue weighted by molar-refractivity contribution is 0.224. The summed E-state index contributed by atoms with van der Waals surface area (Å²) >= 11 is 0. The molecule has 0 amide bonds. The van der Waals surface area contributed by atoms with Crippen molar-refractivity contribution in [2.45, 2.75) is 105 Å². The van der Waals surface area contributed by atoms with Gasteiger partial charge < -0.3 is 24.4 Å². The van der Waals surface area contributed by atoms with Crippen LogP contribution in [-0.4, -0.2) is 56.9 Å². The zero-order valence-electron chi connectivity index (χ0n) is 34.5. The summed E-state index contributed by atoms with van der Waals surface area (Å²) in [4.78, 5) is 9.96. The van der Waals surface area contributed by atoms with Crippen LogP contribution >= 0.6 is 0 Å². The number of nitrogens with zero attached hydrogens (tertiary/aromatic N) is 3. The molecule has 1 aliphatic carbocycles. The summed E-state index contributed by atoms with van der Waals surface area (Å²) < 4.78 is 17.0. The summed E-state index contributed by atoms with van der Waals surface area (Å²) in [6, 6.07) is 18.0. The number of likely N-dealkylation sites (tertiary alicyclic amines) is 1. The number of ether oxygens (including phenoxy) is 3. The molecule has 0 radical (unpaired) electrons. The number of aromatic nitrogens is 1. The third kappa shape index (κ3) is 11.3. The first kappa shape index (κ1) is 42.3. The zero-order valence-corrected chi connectivity index (χ0v) is 34.5. The van der Waals surface area contributed by atoms with E-state index in [-0.39, 0.29) is 6.04 Å². The van der Waals surface area contributed by atoms with E-state index in [0.29, 0.717) is 12.0 Å². The molecule has 7 heteroatoms. The topological polar surface area (TPSA) is 59.1 Å². The molecule has 0 spiro atoms. The molecular formula is C47H66N4O3. The molecule has 1 atom stereocenters. The third-order valence-electron chi connectivity index (χ3n) is 10.2. The SMILES string of the molecule is CC.CC.CC/C=C\C=C(/CC)c1cc(CN(c2ccc(OC)cc2)C2CCN(CC3=CC(c4cc(OC)c(OC)c(C5CC5)c4)NC=C3)CC2)ccn1. The Kier molecular flexibility index (Phi) is 17.2. The van der Waals surface area contributed by atoms with Crippen LogP contribution in [0.25, 0.3) is 5.57 Å². The van der Waals surface area contributed by atoms with Crippen molar-refractivity contribution in [2.24, 2.45) is 0 Å². The van der Waals surface area contributed by atoms with Crippen LogP contribution in [0.15, 0.2) is 96.9 Å². The van der Waals surface area contributed by atoms with Gasteiger partial charge >= 0.3 is 0 Å². The van der Waals surface area contributed by atoms with Gasteiger partial charge in [0.2, 0.25) is 0 Å². The fourth-order valence-electron chi connectivity index (χ4n) is 7.27. The average Bonchev–Trinajstić information content (AvgIpc) is 4.09. The van der Waals surface area contributed by atoms with Crippen LogP contribution in [0.1, 0.15) is 114 Å². The van der Waals surface area contributed by atoms with Crippen LogP contribution in [0.3, 0.4) is 0 Å². The van der Waals surface area contributed by atoms with Gasteiger partial charge in [-0.3, -0.25) is 9.88 Å². The Morgan fingerprint density at radius 3 is 2.28 bits per heavy atom. The fraction of sp³-hybridized carbons (Fsp3) is 0.468. The molecule has 0 bridgehead atoms. The number of nitrogens with one attached hydrogen (secondary N) is 1. The minimum absolute atomic E-state index is 0.103. The molecule has 1 unspecified atom stereocenters. The number of piperidine rings is 1. The minimum Gasteiger partial charge on any atom is -0.497 e. The normalized spacial score (nSPS) is 17.4. The molecule has 3 heterocycles. The second-order valence-electron chi connectivity index (χ2n) is 13.6. The first-order valence-corrected chi connectivity index (χ1v) is 20.4. The maximum atomic E-state index is 5.77. The number of methoxy groups -OCH3 is 3. The Hall–Kier alpha value is -4.49. The van der Waals surface area contributed by atoms with Crippen molar-refractivity contribution in [3.05, 3.63) is 119 Å². The number of rotatable bonds is 15. The molecule has 7 nitrogen and oxygen atoms in total. The molecule has 3 aliphatic rings. The number of allylic oxidation sites excluding steroid dienone is 4. The molecule has 3 aromatic rings. The van der Waals surface area contributed by atoms with Gasteiger partial charge in [-0.1, -0.05) is 65.8 Å². The molecule has 292 valence electrons. The molecule has 2 aromatic carbocycles. The van der Waals surface area contributed by atoms with Gasteiger partial charge in [0.15, 0.2) is 11.5 Å². The van der Waals surface area contributed by atoms with E-state index in [4.69, 9.17) is 19.2 Å². The average molecular weight is 735 g/mol. The maximum Gasteiger partial charge on any atom is 0.164 e. The lowest BCUT2D eigenvalue weighted by Gasteiger charge is -2.40. The smallest absolute Gasteiger partial charge is 0.164 e. The Morgan fingerprint density at radius 1 is 0.907 bits per heavy atom. The highest BCUT2D eigenvalue weighted by Crippen LogP contribution is 2.48. The van der Waals surface area contributed by atoms with E-state index in [1.807, 2.05) is 33.9 Å². The van der Waals surface area contributed by atoms with E-state index in [9.17, 15) is 0 Å². The summed E-state index contributed by atoms with van der Waals surface area (Å²) in [5.74, 6) is 3.15. The highest BCUT2D eigenvalue weighted by atomic mass is 16.5. The standard InChI is InChI=1S/C43H54N4O3.2C2H6/c1-6-8-9-10-33(7-2)40-26-32(18-22-44-40)30-47(36-13-15-38(48-3)16-14-36)37-19-23-46(24-20-37)29-31-17-21-45-41(25-31)35-27-39(34-11-12-34)43(50-5)42(28-35)49-4;2*1-2/h8-10,13-18,21-22,25-28,34,37,41,45H,6-7,11-12,19-20,23-24,29-30H2,1-5H3;2*1-2H3/b9-8-,33-10+;;.